The Morgan fingerprint density at radius 1 is 0.833 bits per heavy atom. The van der Waals surface area contributed by atoms with E-state index in [1.165, 1.54) is 11.1 Å². The second kappa shape index (κ2) is 8.28. The Morgan fingerprint density at radius 3 is 1.67 bits per heavy atom. The van der Waals surface area contributed by atoms with Crippen LogP contribution in [0.15, 0.2) is 24.3 Å². The van der Waals surface area contributed by atoms with Crippen molar-refractivity contribution in [2.24, 2.45) is 0 Å². The largest absolute Gasteiger partial charge is 0.374 e. The molecule has 0 saturated heterocycles. The molecule has 18 heavy (non-hydrogen) atoms. The van der Waals surface area contributed by atoms with E-state index in [0.29, 0.717) is 19.3 Å². The Labute approximate surface area is 111 Å². The molecule has 0 aromatic heterocycles. The van der Waals surface area contributed by atoms with Crippen molar-refractivity contribution in [3.8, 4) is 0 Å². The monoisotopic (exact) mass is 250 g/mol. The van der Waals surface area contributed by atoms with Gasteiger partial charge in [0.25, 0.3) is 0 Å². The first-order valence-corrected chi connectivity index (χ1v) is 6.96. The van der Waals surface area contributed by atoms with E-state index in [4.69, 9.17) is 9.47 Å². The van der Waals surface area contributed by atoms with Gasteiger partial charge >= 0.3 is 0 Å². The van der Waals surface area contributed by atoms with Crippen LogP contribution in [0.5, 0.6) is 0 Å². The van der Waals surface area contributed by atoms with E-state index in [1.807, 2.05) is 0 Å². The molecule has 0 aliphatic heterocycles. The minimum atomic E-state index is 0.280. The summed E-state index contributed by atoms with van der Waals surface area (Å²) in [6.45, 7) is 9.83. The first-order chi connectivity index (χ1) is 8.65. The molecule has 0 aliphatic carbocycles. The van der Waals surface area contributed by atoms with Gasteiger partial charge in [0.2, 0.25) is 0 Å². The molecule has 0 saturated carbocycles. The summed E-state index contributed by atoms with van der Waals surface area (Å²) in [5.41, 5.74) is 2.45. The molecule has 0 bridgehead atoms. The molecule has 0 fully saturated rings. The average molecular weight is 250 g/mol. The zero-order valence-corrected chi connectivity index (χ0v) is 12.1. The number of hydrogen-bond donors (Lipinski definition) is 0. The van der Waals surface area contributed by atoms with Crippen LogP contribution in [0.25, 0.3) is 0 Å². The highest BCUT2D eigenvalue weighted by molar-refractivity contribution is 5.21. The lowest BCUT2D eigenvalue weighted by Gasteiger charge is -2.14. The highest BCUT2D eigenvalue weighted by atomic mass is 16.5. The van der Waals surface area contributed by atoms with Crippen LogP contribution >= 0.6 is 0 Å². The third-order valence-corrected chi connectivity index (χ3v) is 3.00. The van der Waals surface area contributed by atoms with Crippen molar-refractivity contribution >= 4 is 0 Å². The van der Waals surface area contributed by atoms with Gasteiger partial charge in [0.15, 0.2) is 0 Å². The molecule has 0 unspecified atom stereocenters. The van der Waals surface area contributed by atoms with E-state index in [9.17, 15) is 0 Å². The maximum atomic E-state index is 5.83. The van der Waals surface area contributed by atoms with Crippen LogP contribution in [0.4, 0.5) is 0 Å². The summed E-state index contributed by atoms with van der Waals surface area (Å²) in [5.74, 6) is 0. The second-order valence-electron chi connectivity index (χ2n) is 4.93. The molecule has 1 rings (SSSR count). The van der Waals surface area contributed by atoms with Crippen molar-refractivity contribution < 1.29 is 9.47 Å². The van der Waals surface area contributed by atoms with Gasteiger partial charge in [0.1, 0.15) is 0 Å². The van der Waals surface area contributed by atoms with Gasteiger partial charge in [-0.2, -0.15) is 0 Å². The molecule has 0 heterocycles. The van der Waals surface area contributed by atoms with Crippen molar-refractivity contribution in [1.82, 2.24) is 0 Å². The SMILES string of the molecule is CCC(CC)OCc1ccc(COC(C)C)cc1. The highest BCUT2D eigenvalue weighted by Gasteiger charge is 2.03. The van der Waals surface area contributed by atoms with Crippen LogP contribution < -0.4 is 0 Å². The summed E-state index contributed by atoms with van der Waals surface area (Å²) in [6, 6.07) is 8.49. The van der Waals surface area contributed by atoms with E-state index in [0.717, 1.165) is 12.8 Å². The predicted octanol–water partition coefficient (Wildman–Crippen LogP) is 4.32. The zero-order chi connectivity index (χ0) is 13.4. The first-order valence-electron chi connectivity index (χ1n) is 6.96. The summed E-state index contributed by atoms with van der Waals surface area (Å²) in [6.07, 6.45) is 2.82. The minimum absolute atomic E-state index is 0.280. The third-order valence-electron chi connectivity index (χ3n) is 3.00. The molecule has 1 aromatic carbocycles. The Kier molecular flexibility index (Phi) is 6.99. The summed E-state index contributed by atoms with van der Waals surface area (Å²) >= 11 is 0. The third kappa shape index (κ3) is 5.65. The Hall–Kier alpha value is -0.860. The van der Waals surface area contributed by atoms with Crippen LogP contribution in [0.2, 0.25) is 0 Å². The second-order valence-corrected chi connectivity index (χ2v) is 4.93. The van der Waals surface area contributed by atoms with Crippen molar-refractivity contribution in [3.63, 3.8) is 0 Å². The van der Waals surface area contributed by atoms with Crippen LogP contribution in [0, 0.1) is 0 Å². The smallest absolute Gasteiger partial charge is 0.0720 e. The van der Waals surface area contributed by atoms with E-state index >= 15 is 0 Å². The van der Waals surface area contributed by atoms with Gasteiger partial charge in [-0.05, 0) is 37.8 Å². The van der Waals surface area contributed by atoms with E-state index in [1.54, 1.807) is 0 Å². The lowest BCUT2D eigenvalue weighted by atomic mass is 10.1. The molecule has 0 amide bonds. The highest BCUT2D eigenvalue weighted by Crippen LogP contribution is 2.11. The lowest BCUT2D eigenvalue weighted by Crippen LogP contribution is -2.09. The minimum Gasteiger partial charge on any atom is -0.374 e. The Balaban J connectivity index is 2.40. The number of hydrogen-bond acceptors (Lipinski definition) is 2. The molecule has 2 heteroatoms. The topological polar surface area (TPSA) is 18.5 Å². The van der Waals surface area contributed by atoms with Gasteiger partial charge in [-0.1, -0.05) is 38.1 Å². The maximum absolute atomic E-state index is 5.83. The van der Waals surface area contributed by atoms with Crippen molar-refractivity contribution in [1.29, 1.82) is 0 Å². The molecule has 0 atom stereocenters. The van der Waals surface area contributed by atoms with Crippen molar-refractivity contribution in [2.75, 3.05) is 0 Å². The molecular formula is C16H26O2. The Morgan fingerprint density at radius 2 is 1.28 bits per heavy atom. The predicted molar refractivity (Wildman–Crippen MR) is 75.5 cm³/mol. The van der Waals surface area contributed by atoms with Gasteiger partial charge in [0, 0.05) is 0 Å². The Bertz CT molecular complexity index is 312. The van der Waals surface area contributed by atoms with E-state index < -0.39 is 0 Å². The van der Waals surface area contributed by atoms with Gasteiger partial charge in [0.05, 0.1) is 25.4 Å². The number of rotatable bonds is 8. The summed E-state index contributed by atoms with van der Waals surface area (Å²) in [4.78, 5) is 0. The molecule has 102 valence electrons. The van der Waals surface area contributed by atoms with Gasteiger partial charge in [-0.25, -0.2) is 0 Å². The zero-order valence-electron chi connectivity index (χ0n) is 12.1. The standard InChI is InChI=1S/C16H26O2/c1-5-16(6-2)18-12-15-9-7-14(8-10-15)11-17-13(3)4/h7-10,13,16H,5-6,11-12H2,1-4H3. The van der Waals surface area contributed by atoms with Gasteiger partial charge in [-0.3, -0.25) is 0 Å². The van der Waals surface area contributed by atoms with Crippen LogP contribution in [-0.4, -0.2) is 12.2 Å². The summed E-state index contributed by atoms with van der Waals surface area (Å²) in [5, 5.41) is 0. The number of benzene rings is 1. The fraction of sp³-hybridized carbons (Fsp3) is 0.625. The van der Waals surface area contributed by atoms with Crippen LogP contribution in [-0.2, 0) is 22.7 Å². The van der Waals surface area contributed by atoms with Crippen molar-refractivity contribution in [2.45, 2.75) is 66.0 Å². The average Bonchev–Trinajstić information content (AvgIpc) is 2.39. The van der Waals surface area contributed by atoms with Crippen molar-refractivity contribution in [3.05, 3.63) is 35.4 Å². The van der Waals surface area contributed by atoms with E-state index in [2.05, 4.69) is 52.0 Å². The fourth-order valence-corrected chi connectivity index (χ4v) is 1.73. The van der Waals surface area contributed by atoms with Crippen LogP contribution in [0.1, 0.15) is 51.7 Å². The molecule has 1 aromatic rings. The maximum Gasteiger partial charge on any atom is 0.0720 e. The fourth-order valence-electron chi connectivity index (χ4n) is 1.73. The molecule has 0 spiro atoms. The first kappa shape index (κ1) is 15.2. The molecular weight excluding hydrogens is 224 g/mol. The number of ether oxygens (including phenoxy) is 2. The van der Waals surface area contributed by atoms with Crippen LogP contribution in [0.3, 0.4) is 0 Å². The quantitative estimate of drug-likeness (QED) is 0.684. The molecule has 0 aliphatic rings. The summed E-state index contributed by atoms with van der Waals surface area (Å²) in [7, 11) is 0. The van der Waals surface area contributed by atoms with E-state index in [-0.39, 0.29) is 6.10 Å². The summed E-state index contributed by atoms with van der Waals surface area (Å²) < 4.78 is 11.4. The normalized spacial score (nSPS) is 11.4. The lowest BCUT2D eigenvalue weighted by molar-refractivity contribution is 0.0357. The molecule has 0 radical (unpaired) electrons. The molecule has 2 nitrogen and oxygen atoms in total. The van der Waals surface area contributed by atoms with Gasteiger partial charge in [-0.15, -0.1) is 0 Å². The van der Waals surface area contributed by atoms with Gasteiger partial charge < -0.3 is 9.47 Å². The molecule has 0 N–H and O–H groups in total.